The number of aliphatic hydroxyl groups is 1. The predicted octanol–water partition coefficient (Wildman–Crippen LogP) is 3.73. The summed E-state index contributed by atoms with van der Waals surface area (Å²) in [4.78, 5) is 4.17. The molecule has 3 rings (SSSR count). The van der Waals surface area contributed by atoms with Gasteiger partial charge >= 0.3 is 0 Å². The van der Waals surface area contributed by atoms with Gasteiger partial charge in [-0.15, -0.1) is 0 Å². The van der Waals surface area contributed by atoms with Crippen LogP contribution in [0.5, 0.6) is 11.5 Å². The first-order chi connectivity index (χ1) is 11.8. The fraction of sp³-hybridized carbons (Fsp3) is 0.150. The Balaban J connectivity index is 1.72. The van der Waals surface area contributed by atoms with Gasteiger partial charge in [-0.05, 0) is 11.1 Å². The van der Waals surface area contributed by atoms with Crippen LogP contribution in [0.2, 0.25) is 0 Å². The number of nitrogens with zero attached hydrogens (tertiary/aromatic N) is 1. The second-order valence-corrected chi connectivity index (χ2v) is 5.33. The van der Waals surface area contributed by atoms with E-state index >= 15 is 0 Å². The van der Waals surface area contributed by atoms with E-state index in [2.05, 4.69) is 4.98 Å². The van der Waals surface area contributed by atoms with Gasteiger partial charge in [0.2, 0.25) is 0 Å². The minimum absolute atomic E-state index is 0.138. The Hall–Kier alpha value is -2.85. The average molecular weight is 321 g/mol. The maximum atomic E-state index is 9.29. The highest BCUT2D eigenvalue weighted by molar-refractivity contribution is 5.39. The summed E-state index contributed by atoms with van der Waals surface area (Å²) < 4.78 is 11.7. The average Bonchev–Trinajstić information content (AvgIpc) is 2.66. The van der Waals surface area contributed by atoms with Crippen molar-refractivity contribution in [1.29, 1.82) is 0 Å². The first-order valence-electron chi connectivity index (χ1n) is 7.78. The molecule has 1 heterocycles. The molecule has 0 fully saturated rings. The Morgan fingerprint density at radius 2 is 1.29 bits per heavy atom. The molecule has 24 heavy (non-hydrogen) atoms. The van der Waals surface area contributed by atoms with Crippen LogP contribution in [0.4, 0.5) is 0 Å². The molecule has 0 aliphatic carbocycles. The molecule has 3 aromatic rings. The number of pyridine rings is 1. The molecular weight excluding hydrogens is 302 g/mol. The molecule has 4 nitrogen and oxygen atoms in total. The van der Waals surface area contributed by atoms with Crippen LogP contribution in [0.1, 0.15) is 16.8 Å². The van der Waals surface area contributed by atoms with Gasteiger partial charge in [0.25, 0.3) is 0 Å². The zero-order valence-electron chi connectivity index (χ0n) is 13.3. The molecule has 0 aliphatic rings. The van der Waals surface area contributed by atoms with E-state index in [-0.39, 0.29) is 6.61 Å². The van der Waals surface area contributed by atoms with Gasteiger partial charge < -0.3 is 14.6 Å². The molecule has 2 aromatic carbocycles. The molecule has 1 aromatic heterocycles. The van der Waals surface area contributed by atoms with Crippen LogP contribution in [0.15, 0.2) is 72.9 Å². The molecule has 0 radical (unpaired) electrons. The van der Waals surface area contributed by atoms with Gasteiger partial charge in [0.05, 0.1) is 18.5 Å². The molecule has 0 atom stereocenters. The van der Waals surface area contributed by atoms with Gasteiger partial charge in [-0.25, -0.2) is 0 Å². The number of hydrogen-bond acceptors (Lipinski definition) is 4. The van der Waals surface area contributed by atoms with E-state index < -0.39 is 0 Å². The van der Waals surface area contributed by atoms with Gasteiger partial charge in [-0.2, -0.15) is 0 Å². The minimum Gasteiger partial charge on any atom is -0.485 e. The molecule has 0 saturated carbocycles. The van der Waals surface area contributed by atoms with Gasteiger partial charge in [-0.1, -0.05) is 60.7 Å². The van der Waals surface area contributed by atoms with E-state index in [0.717, 1.165) is 11.1 Å². The Morgan fingerprint density at radius 3 is 1.83 bits per heavy atom. The lowest BCUT2D eigenvalue weighted by molar-refractivity contribution is 0.249. The third-order valence-corrected chi connectivity index (χ3v) is 3.52. The first kappa shape index (κ1) is 16.0. The number of benzene rings is 2. The lowest BCUT2D eigenvalue weighted by atomic mass is 10.2. The summed E-state index contributed by atoms with van der Waals surface area (Å²) >= 11 is 0. The third-order valence-electron chi connectivity index (χ3n) is 3.52. The van der Waals surface area contributed by atoms with Crippen LogP contribution in [0.25, 0.3) is 0 Å². The number of aliphatic hydroxyl groups excluding tert-OH is 1. The smallest absolute Gasteiger partial charge is 0.179 e. The highest BCUT2D eigenvalue weighted by atomic mass is 16.5. The molecule has 0 amide bonds. The number of ether oxygens (including phenoxy) is 2. The van der Waals surface area contributed by atoms with Crippen LogP contribution in [0, 0.1) is 0 Å². The molecule has 1 N–H and O–H groups in total. The Morgan fingerprint density at radius 1 is 0.750 bits per heavy atom. The molecular formula is C20H19NO3. The number of rotatable bonds is 7. The van der Waals surface area contributed by atoms with E-state index in [1.54, 1.807) is 12.3 Å². The second kappa shape index (κ2) is 8.13. The Kier molecular flexibility index (Phi) is 5.43. The largest absolute Gasteiger partial charge is 0.485 e. The van der Waals surface area contributed by atoms with Crippen molar-refractivity contribution >= 4 is 0 Å². The van der Waals surface area contributed by atoms with Crippen LogP contribution in [-0.4, -0.2) is 10.1 Å². The van der Waals surface area contributed by atoms with Crippen molar-refractivity contribution in [3.8, 4) is 11.5 Å². The fourth-order valence-corrected chi connectivity index (χ4v) is 2.24. The highest BCUT2D eigenvalue weighted by Crippen LogP contribution is 2.28. The van der Waals surface area contributed by atoms with Gasteiger partial charge in [0.15, 0.2) is 11.5 Å². The standard InChI is InChI=1S/C20H19NO3/c22-13-18-11-19(23-14-16-7-3-1-4-8-16)20(12-21-18)24-15-17-9-5-2-6-10-17/h1-12,22H,13-15H2. The van der Waals surface area contributed by atoms with Crippen molar-refractivity contribution in [3.05, 3.63) is 89.7 Å². The minimum atomic E-state index is -0.138. The van der Waals surface area contributed by atoms with Crippen molar-refractivity contribution in [2.75, 3.05) is 0 Å². The summed E-state index contributed by atoms with van der Waals surface area (Å²) in [5, 5.41) is 9.29. The van der Waals surface area contributed by atoms with Crippen LogP contribution >= 0.6 is 0 Å². The molecule has 0 spiro atoms. The molecule has 122 valence electrons. The Bertz CT molecular complexity index is 760. The lowest BCUT2D eigenvalue weighted by Gasteiger charge is -2.13. The normalized spacial score (nSPS) is 10.4. The monoisotopic (exact) mass is 321 g/mol. The highest BCUT2D eigenvalue weighted by Gasteiger charge is 2.09. The second-order valence-electron chi connectivity index (χ2n) is 5.33. The number of hydrogen-bond donors (Lipinski definition) is 1. The van der Waals surface area contributed by atoms with E-state index in [9.17, 15) is 5.11 Å². The van der Waals surface area contributed by atoms with Crippen LogP contribution in [-0.2, 0) is 19.8 Å². The maximum Gasteiger partial charge on any atom is 0.179 e. The van der Waals surface area contributed by atoms with Gasteiger partial charge in [0, 0.05) is 6.07 Å². The van der Waals surface area contributed by atoms with Crippen molar-refractivity contribution < 1.29 is 14.6 Å². The van der Waals surface area contributed by atoms with Crippen LogP contribution in [0.3, 0.4) is 0 Å². The molecule has 0 bridgehead atoms. The van der Waals surface area contributed by atoms with Gasteiger partial charge in [-0.3, -0.25) is 4.98 Å². The first-order valence-corrected chi connectivity index (χ1v) is 7.78. The quantitative estimate of drug-likeness (QED) is 0.720. The lowest BCUT2D eigenvalue weighted by Crippen LogP contribution is -2.02. The van der Waals surface area contributed by atoms with E-state index in [1.165, 1.54) is 0 Å². The maximum absolute atomic E-state index is 9.29. The van der Waals surface area contributed by atoms with E-state index in [0.29, 0.717) is 30.4 Å². The summed E-state index contributed by atoms with van der Waals surface area (Å²) in [6.45, 7) is 0.723. The number of aromatic nitrogens is 1. The summed E-state index contributed by atoms with van der Waals surface area (Å²) in [7, 11) is 0. The zero-order valence-corrected chi connectivity index (χ0v) is 13.3. The van der Waals surface area contributed by atoms with Crippen molar-refractivity contribution in [1.82, 2.24) is 4.98 Å². The van der Waals surface area contributed by atoms with Crippen molar-refractivity contribution in [2.45, 2.75) is 19.8 Å². The van der Waals surface area contributed by atoms with E-state index in [4.69, 9.17) is 9.47 Å². The molecule has 4 heteroatoms. The fourth-order valence-electron chi connectivity index (χ4n) is 2.24. The SMILES string of the molecule is OCc1cc(OCc2ccccc2)c(OCc2ccccc2)cn1. The topological polar surface area (TPSA) is 51.6 Å². The molecule has 0 aliphatic heterocycles. The van der Waals surface area contributed by atoms with Crippen LogP contribution < -0.4 is 9.47 Å². The zero-order chi connectivity index (χ0) is 16.6. The third kappa shape index (κ3) is 4.33. The Labute approximate surface area is 141 Å². The summed E-state index contributed by atoms with van der Waals surface area (Å²) in [6.07, 6.45) is 1.59. The van der Waals surface area contributed by atoms with Crippen molar-refractivity contribution in [2.24, 2.45) is 0 Å². The van der Waals surface area contributed by atoms with Crippen molar-refractivity contribution in [3.63, 3.8) is 0 Å². The molecule has 0 unspecified atom stereocenters. The summed E-state index contributed by atoms with van der Waals surface area (Å²) in [5.74, 6) is 1.14. The summed E-state index contributed by atoms with van der Waals surface area (Å²) in [5.41, 5.74) is 2.68. The predicted molar refractivity (Wildman–Crippen MR) is 91.7 cm³/mol. The summed E-state index contributed by atoms with van der Waals surface area (Å²) in [6, 6.07) is 21.5. The van der Waals surface area contributed by atoms with Gasteiger partial charge in [0.1, 0.15) is 13.2 Å². The molecule has 0 saturated heterocycles. The van der Waals surface area contributed by atoms with E-state index in [1.807, 2.05) is 60.7 Å².